The van der Waals surface area contributed by atoms with E-state index in [0.29, 0.717) is 24.5 Å². The SMILES string of the molecule is CC(=CCC1OC1(C)C)C1CCC2CCC=C3COC(O)C3C21. The molecule has 0 aromatic carbocycles. The van der Waals surface area contributed by atoms with E-state index >= 15 is 0 Å². The zero-order valence-corrected chi connectivity index (χ0v) is 14.6. The van der Waals surface area contributed by atoms with Crippen LogP contribution in [0.15, 0.2) is 23.3 Å². The van der Waals surface area contributed by atoms with Crippen LogP contribution in [0.4, 0.5) is 0 Å². The van der Waals surface area contributed by atoms with E-state index in [0.717, 1.165) is 18.8 Å². The molecule has 3 heteroatoms. The van der Waals surface area contributed by atoms with E-state index in [1.165, 1.54) is 30.4 Å². The molecule has 1 saturated carbocycles. The summed E-state index contributed by atoms with van der Waals surface area (Å²) in [5.74, 6) is 2.13. The van der Waals surface area contributed by atoms with E-state index in [4.69, 9.17) is 9.47 Å². The standard InChI is InChI=1S/C20H30O3/c1-12(7-10-16-20(2,3)23-16)15-9-8-13-5-4-6-14-11-22-19(21)18(14)17(13)15/h6-7,13,15-19,21H,4-5,8-11H2,1-3H3. The van der Waals surface area contributed by atoms with Gasteiger partial charge in [0.15, 0.2) is 6.29 Å². The second kappa shape index (κ2) is 5.72. The van der Waals surface area contributed by atoms with Crippen LogP contribution in [0, 0.1) is 23.7 Å². The maximum atomic E-state index is 10.4. The third-order valence-electron chi connectivity index (χ3n) is 6.78. The van der Waals surface area contributed by atoms with E-state index in [-0.39, 0.29) is 11.5 Å². The third kappa shape index (κ3) is 2.81. The first-order valence-corrected chi connectivity index (χ1v) is 9.30. The zero-order chi connectivity index (χ0) is 16.2. The molecule has 0 amide bonds. The first kappa shape index (κ1) is 15.9. The van der Waals surface area contributed by atoms with Crippen LogP contribution in [0.5, 0.6) is 0 Å². The Morgan fingerprint density at radius 3 is 2.87 bits per heavy atom. The molecule has 3 fully saturated rings. The van der Waals surface area contributed by atoms with Crippen LogP contribution >= 0.6 is 0 Å². The lowest BCUT2D eigenvalue weighted by Crippen LogP contribution is -2.31. The normalized spacial score (nSPS) is 45.2. The summed E-state index contributed by atoms with van der Waals surface area (Å²) in [7, 11) is 0. The summed E-state index contributed by atoms with van der Waals surface area (Å²) in [6, 6.07) is 0. The topological polar surface area (TPSA) is 42.0 Å². The lowest BCUT2D eigenvalue weighted by molar-refractivity contribution is -0.0981. The Labute approximate surface area is 139 Å². The van der Waals surface area contributed by atoms with Crippen molar-refractivity contribution in [3.05, 3.63) is 23.3 Å². The quantitative estimate of drug-likeness (QED) is 0.635. The van der Waals surface area contributed by atoms with Gasteiger partial charge >= 0.3 is 0 Å². The Morgan fingerprint density at radius 1 is 1.35 bits per heavy atom. The molecule has 0 spiro atoms. The van der Waals surface area contributed by atoms with Crippen molar-refractivity contribution in [2.45, 2.75) is 70.9 Å². The van der Waals surface area contributed by atoms with E-state index < -0.39 is 6.29 Å². The summed E-state index contributed by atoms with van der Waals surface area (Å²) in [4.78, 5) is 0. The van der Waals surface area contributed by atoms with Crippen LogP contribution < -0.4 is 0 Å². The van der Waals surface area contributed by atoms with Crippen LogP contribution in [0.3, 0.4) is 0 Å². The van der Waals surface area contributed by atoms with Gasteiger partial charge in [-0.1, -0.05) is 17.7 Å². The molecule has 6 atom stereocenters. The van der Waals surface area contributed by atoms with Crippen molar-refractivity contribution in [3.63, 3.8) is 0 Å². The van der Waals surface area contributed by atoms with Crippen molar-refractivity contribution in [1.82, 2.24) is 0 Å². The summed E-state index contributed by atoms with van der Waals surface area (Å²) in [6.45, 7) is 7.26. The van der Waals surface area contributed by atoms with Crippen molar-refractivity contribution < 1.29 is 14.6 Å². The molecule has 1 N–H and O–H groups in total. The van der Waals surface area contributed by atoms with Crippen molar-refractivity contribution in [2.24, 2.45) is 23.7 Å². The highest BCUT2D eigenvalue weighted by atomic mass is 16.6. The molecule has 4 rings (SSSR count). The Balaban J connectivity index is 1.52. The molecule has 0 radical (unpaired) electrons. The highest BCUT2D eigenvalue weighted by Crippen LogP contribution is 2.53. The number of fused-ring (bicyclic) bond motifs is 3. The number of hydrogen-bond donors (Lipinski definition) is 1. The molecule has 0 aromatic heterocycles. The Kier molecular flexibility index (Phi) is 3.94. The number of hydrogen-bond acceptors (Lipinski definition) is 3. The van der Waals surface area contributed by atoms with Gasteiger partial charge < -0.3 is 14.6 Å². The molecular weight excluding hydrogens is 288 g/mol. The van der Waals surface area contributed by atoms with Gasteiger partial charge in [-0.3, -0.25) is 0 Å². The maximum absolute atomic E-state index is 10.4. The number of aliphatic hydroxyl groups excluding tert-OH is 1. The Hall–Kier alpha value is -0.640. The predicted molar refractivity (Wildman–Crippen MR) is 89.8 cm³/mol. The van der Waals surface area contributed by atoms with Gasteiger partial charge in [0.05, 0.1) is 18.3 Å². The lowest BCUT2D eigenvalue weighted by atomic mass is 9.74. The molecule has 2 aliphatic carbocycles. The molecule has 128 valence electrons. The van der Waals surface area contributed by atoms with Gasteiger partial charge in [-0.15, -0.1) is 0 Å². The molecule has 2 heterocycles. The van der Waals surface area contributed by atoms with E-state index in [1.54, 1.807) is 0 Å². The van der Waals surface area contributed by atoms with Gasteiger partial charge in [-0.2, -0.15) is 0 Å². The molecule has 23 heavy (non-hydrogen) atoms. The largest absolute Gasteiger partial charge is 0.367 e. The van der Waals surface area contributed by atoms with Gasteiger partial charge in [0.25, 0.3) is 0 Å². The second-order valence-corrected chi connectivity index (χ2v) is 8.50. The average Bonchev–Trinajstić information content (AvgIpc) is 2.79. The predicted octanol–water partition coefficient (Wildman–Crippen LogP) is 3.83. The summed E-state index contributed by atoms with van der Waals surface area (Å²) in [6.07, 6.45) is 10.6. The molecule has 3 nitrogen and oxygen atoms in total. The minimum atomic E-state index is -0.592. The van der Waals surface area contributed by atoms with Crippen LogP contribution in [0.2, 0.25) is 0 Å². The van der Waals surface area contributed by atoms with Gasteiger partial charge in [0.2, 0.25) is 0 Å². The second-order valence-electron chi connectivity index (χ2n) is 8.50. The summed E-state index contributed by atoms with van der Waals surface area (Å²) < 4.78 is 11.3. The summed E-state index contributed by atoms with van der Waals surface area (Å²) >= 11 is 0. The fourth-order valence-electron chi connectivity index (χ4n) is 5.31. The molecule has 0 bridgehead atoms. The van der Waals surface area contributed by atoms with Crippen LogP contribution in [0.1, 0.15) is 52.9 Å². The minimum Gasteiger partial charge on any atom is -0.367 e. The molecular formula is C20H30O3. The first-order valence-electron chi connectivity index (χ1n) is 9.30. The Bertz CT molecular complexity index is 533. The molecule has 2 aliphatic heterocycles. The van der Waals surface area contributed by atoms with E-state index in [1.807, 2.05) is 0 Å². The fraction of sp³-hybridized carbons (Fsp3) is 0.800. The lowest BCUT2D eigenvalue weighted by Gasteiger charge is -2.31. The van der Waals surface area contributed by atoms with Gasteiger partial charge in [0, 0.05) is 5.92 Å². The van der Waals surface area contributed by atoms with Gasteiger partial charge in [-0.05, 0) is 76.2 Å². The first-order chi connectivity index (χ1) is 11.0. The number of allylic oxidation sites excluding steroid dienone is 2. The van der Waals surface area contributed by atoms with Gasteiger partial charge in [-0.25, -0.2) is 0 Å². The molecule has 0 aromatic rings. The average molecular weight is 318 g/mol. The monoisotopic (exact) mass is 318 g/mol. The van der Waals surface area contributed by atoms with Crippen molar-refractivity contribution >= 4 is 0 Å². The smallest absolute Gasteiger partial charge is 0.161 e. The van der Waals surface area contributed by atoms with E-state index in [2.05, 4.69) is 32.9 Å². The van der Waals surface area contributed by atoms with Crippen molar-refractivity contribution in [1.29, 1.82) is 0 Å². The molecule has 6 unspecified atom stereocenters. The van der Waals surface area contributed by atoms with Crippen LogP contribution in [-0.4, -0.2) is 29.7 Å². The molecule has 4 aliphatic rings. The van der Waals surface area contributed by atoms with Crippen LogP contribution in [0.25, 0.3) is 0 Å². The number of rotatable bonds is 3. The Morgan fingerprint density at radius 2 is 2.13 bits per heavy atom. The van der Waals surface area contributed by atoms with E-state index in [9.17, 15) is 5.11 Å². The summed E-state index contributed by atoms with van der Waals surface area (Å²) in [5.41, 5.74) is 2.93. The highest BCUT2D eigenvalue weighted by Gasteiger charge is 2.49. The zero-order valence-electron chi connectivity index (χ0n) is 14.6. The van der Waals surface area contributed by atoms with Gasteiger partial charge in [0.1, 0.15) is 0 Å². The van der Waals surface area contributed by atoms with Crippen molar-refractivity contribution in [2.75, 3.05) is 6.61 Å². The summed E-state index contributed by atoms with van der Waals surface area (Å²) in [5, 5.41) is 10.4. The highest BCUT2D eigenvalue weighted by molar-refractivity contribution is 5.21. The van der Waals surface area contributed by atoms with Crippen molar-refractivity contribution in [3.8, 4) is 0 Å². The number of aliphatic hydroxyl groups is 1. The minimum absolute atomic E-state index is 0.0721. The van der Waals surface area contributed by atoms with Crippen LogP contribution in [-0.2, 0) is 9.47 Å². The number of ether oxygens (including phenoxy) is 2. The third-order valence-corrected chi connectivity index (χ3v) is 6.78. The maximum Gasteiger partial charge on any atom is 0.161 e. The fourth-order valence-corrected chi connectivity index (χ4v) is 5.31. The molecule has 2 saturated heterocycles. The number of epoxide rings is 1.